The number of likely N-dealkylation sites (tertiary alicyclic amines) is 1. The van der Waals surface area contributed by atoms with E-state index in [1.807, 2.05) is 18.2 Å². The molecule has 7 rings (SSSR count). The zero-order valence-corrected chi connectivity index (χ0v) is 33.5. The number of aromatic hydroxyl groups is 1. The fourth-order valence-electron chi connectivity index (χ4n) is 8.32. The molecule has 55 heavy (non-hydrogen) atoms. The van der Waals surface area contributed by atoms with Gasteiger partial charge in [0.25, 0.3) is 0 Å². The van der Waals surface area contributed by atoms with Crippen molar-refractivity contribution in [1.29, 1.82) is 0 Å². The van der Waals surface area contributed by atoms with Crippen LogP contribution >= 0.6 is 31.9 Å². The van der Waals surface area contributed by atoms with E-state index < -0.39 is 35.7 Å². The molecule has 17 heteroatoms. The molecule has 3 saturated heterocycles. The first-order valence-corrected chi connectivity index (χ1v) is 20.2. The Morgan fingerprint density at radius 3 is 2.29 bits per heavy atom. The number of benzene rings is 1. The van der Waals surface area contributed by atoms with Crippen molar-refractivity contribution in [1.82, 2.24) is 30.0 Å². The Labute approximate surface area is 336 Å². The zero-order chi connectivity index (χ0) is 38.7. The third kappa shape index (κ3) is 8.38. The summed E-state index contributed by atoms with van der Waals surface area (Å²) >= 11 is 6.78. The number of piperazine rings is 1. The minimum absolute atomic E-state index is 0.00445. The average molecular weight is 884 g/mol. The van der Waals surface area contributed by atoms with Crippen LogP contribution in [0.1, 0.15) is 43.2 Å². The summed E-state index contributed by atoms with van der Waals surface area (Å²) in [7, 11) is 0. The maximum atomic E-state index is 15.2. The van der Waals surface area contributed by atoms with Crippen LogP contribution in [0.5, 0.6) is 5.75 Å². The number of ether oxygens (including phenoxy) is 1. The number of piperidine rings is 2. The molecule has 4 aliphatic rings. The van der Waals surface area contributed by atoms with E-state index in [1.54, 1.807) is 46.6 Å². The number of nitrogens with one attached hydrogen (secondary N) is 2. The second kappa shape index (κ2) is 16.7. The van der Waals surface area contributed by atoms with Gasteiger partial charge in [-0.25, -0.2) is 14.6 Å². The number of hydrogen-bond acceptors (Lipinski definition) is 10. The average Bonchev–Trinajstić information content (AvgIpc) is 3.20. The summed E-state index contributed by atoms with van der Waals surface area (Å²) in [4.78, 5) is 72.1. The normalized spacial score (nSPS) is 19.5. The van der Waals surface area contributed by atoms with E-state index in [9.17, 15) is 19.5 Å². The first-order chi connectivity index (χ1) is 26.5. The summed E-state index contributed by atoms with van der Waals surface area (Å²) < 4.78 is 6.72. The quantitative estimate of drug-likeness (QED) is 0.243. The van der Waals surface area contributed by atoms with E-state index in [0.29, 0.717) is 65.8 Å². The molecular formula is C38H45Br2N9O6. The number of halogens is 2. The minimum atomic E-state index is -1.21. The van der Waals surface area contributed by atoms with Crippen LogP contribution in [0.2, 0.25) is 0 Å². The second-order valence-electron chi connectivity index (χ2n) is 14.6. The summed E-state index contributed by atoms with van der Waals surface area (Å²) in [6, 6.07) is 8.23. The van der Waals surface area contributed by atoms with Gasteiger partial charge in [0.15, 0.2) is 0 Å². The summed E-state index contributed by atoms with van der Waals surface area (Å²) in [5, 5.41) is 16.5. The molecule has 4 aliphatic heterocycles. The van der Waals surface area contributed by atoms with Gasteiger partial charge in [0.2, 0.25) is 11.8 Å². The molecule has 1 spiro atoms. The molecule has 0 aliphatic carbocycles. The highest BCUT2D eigenvalue weighted by Gasteiger charge is 2.48. The van der Waals surface area contributed by atoms with Crippen molar-refractivity contribution in [3.63, 3.8) is 0 Å². The van der Waals surface area contributed by atoms with Crippen LogP contribution < -0.4 is 21.3 Å². The molecule has 5 N–H and O–H groups in total. The molecule has 0 radical (unpaired) electrons. The lowest BCUT2D eigenvalue weighted by molar-refractivity contribution is -0.139. The van der Waals surface area contributed by atoms with Crippen molar-refractivity contribution in [2.75, 3.05) is 62.6 Å². The van der Waals surface area contributed by atoms with E-state index in [-0.39, 0.29) is 37.1 Å². The first-order valence-electron chi connectivity index (χ1n) is 18.7. The smallest absolute Gasteiger partial charge is 0.413 e. The van der Waals surface area contributed by atoms with Crippen LogP contribution in [-0.4, -0.2) is 118 Å². The number of urea groups is 1. The van der Waals surface area contributed by atoms with E-state index in [0.717, 1.165) is 37.2 Å². The van der Waals surface area contributed by atoms with Crippen LogP contribution in [-0.2, 0) is 26.3 Å². The number of phenolic OH excluding ortho intramolecular Hbond substituents is 1. The molecule has 3 aromatic rings. The summed E-state index contributed by atoms with van der Waals surface area (Å²) in [6.45, 7) is 4.02. The molecule has 5 amide bonds. The first kappa shape index (κ1) is 38.8. The van der Waals surface area contributed by atoms with Crippen molar-refractivity contribution in [3.8, 4) is 5.75 Å². The molecular weight excluding hydrogens is 838 g/mol. The van der Waals surface area contributed by atoms with Crippen molar-refractivity contribution in [2.24, 2.45) is 11.7 Å². The number of carbonyl (C=O) groups is 4. The number of hydrogen-bond donors (Lipinski definition) is 4. The standard InChI is InChI=1S/C38H45Br2N9O6/c39-28-20-25(21-29(40)32(28)50)23-30(33(41)51)49(37(54)48-14-7-38(8-15-48)27-2-1-9-44-34(27)45-36(53)55-38)31(22-24-3-10-42-11-4-24)35(52)47-18-16-46(17-19-47)26-5-12-43-13-6-26/h1-2,5-6,9,12-13,20-21,24,30-31,42,50H,3-4,7-8,10-11,14-19,22-23H2,(H2,41,51)(H,44,45,53)/t30-,31+/m0/s1. The molecule has 6 heterocycles. The molecule has 292 valence electrons. The number of carbonyl (C=O) groups excluding carboxylic acids is 4. The maximum absolute atomic E-state index is 15.2. The molecule has 0 saturated carbocycles. The van der Waals surface area contributed by atoms with E-state index in [2.05, 4.69) is 57.4 Å². The number of phenols is 1. The van der Waals surface area contributed by atoms with Crippen molar-refractivity contribution in [3.05, 3.63) is 75.1 Å². The summed E-state index contributed by atoms with van der Waals surface area (Å²) in [5.74, 6) is -0.426. The molecule has 2 atom stereocenters. The number of amides is 5. The largest absolute Gasteiger partial charge is 0.506 e. The SMILES string of the molecule is NC(=O)[C@H](Cc1cc(Br)c(O)c(Br)c1)N(C(=O)N1CCC2(CC1)OC(=O)Nc1ncccc12)[C@H](CC1CCNCC1)C(=O)N1CCN(c2ccncc2)CC1. The van der Waals surface area contributed by atoms with Gasteiger partial charge in [-0.05, 0) is 112 Å². The molecule has 0 bridgehead atoms. The van der Waals surface area contributed by atoms with Gasteiger partial charge in [0.1, 0.15) is 29.3 Å². The molecule has 0 unspecified atom stereocenters. The number of rotatable bonds is 9. The number of fused-ring (bicyclic) bond motifs is 2. The van der Waals surface area contributed by atoms with Crippen LogP contribution in [0.4, 0.5) is 21.1 Å². The number of nitrogens with zero attached hydrogens (tertiary/aromatic N) is 6. The minimum Gasteiger partial charge on any atom is -0.506 e. The van der Waals surface area contributed by atoms with Gasteiger partial charge in [-0.1, -0.05) is 0 Å². The Hall–Kier alpha value is -4.48. The fourth-order valence-corrected chi connectivity index (χ4v) is 9.60. The van der Waals surface area contributed by atoms with Crippen molar-refractivity contribution < 1.29 is 29.0 Å². The highest BCUT2D eigenvalue weighted by atomic mass is 79.9. The van der Waals surface area contributed by atoms with Crippen molar-refractivity contribution >= 4 is 67.3 Å². The Kier molecular flexibility index (Phi) is 11.8. The summed E-state index contributed by atoms with van der Waals surface area (Å²) in [6.07, 6.45) is 7.07. The number of anilines is 2. The van der Waals surface area contributed by atoms with Crippen LogP contribution in [0.15, 0.2) is 63.9 Å². The number of nitrogens with two attached hydrogens (primary N) is 1. The van der Waals surface area contributed by atoms with Gasteiger partial charge in [-0.2, -0.15) is 0 Å². The lowest BCUT2D eigenvalue weighted by atomic mass is 9.83. The monoisotopic (exact) mass is 881 g/mol. The summed E-state index contributed by atoms with van der Waals surface area (Å²) in [5.41, 5.74) is 7.63. The third-order valence-electron chi connectivity index (χ3n) is 11.3. The molecule has 3 fully saturated rings. The molecule has 1 aromatic carbocycles. The van der Waals surface area contributed by atoms with E-state index in [4.69, 9.17) is 10.5 Å². The Balaban J connectivity index is 1.22. The fraction of sp³-hybridized carbons (Fsp3) is 0.474. The van der Waals surface area contributed by atoms with Gasteiger partial charge >= 0.3 is 12.1 Å². The Morgan fingerprint density at radius 1 is 0.964 bits per heavy atom. The van der Waals surface area contributed by atoms with Crippen LogP contribution in [0.25, 0.3) is 0 Å². The molecule has 2 aromatic heterocycles. The lowest BCUT2D eigenvalue weighted by Crippen LogP contribution is -2.64. The van der Waals surface area contributed by atoms with Gasteiger partial charge in [-0.3, -0.25) is 19.9 Å². The Bertz CT molecular complexity index is 1880. The van der Waals surface area contributed by atoms with E-state index in [1.165, 1.54) is 4.90 Å². The number of primary amides is 1. The highest BCUT2D eigenvalue weighted by Crippen LogP contribution is 2.43. The van der Waals surface area contributed by atoms with Gasteiger partial charge in [0.05, 0.1) is 8.95 Å². The van der Waals surface area contributed by atoms with Crippen LogP contribution in [0.3, 0.4) is 0 Å². The maximum Gasteiger partial charge on any atom is 0.413 e. The second-order valence-corrected chi connectivity index (χ2v) is 16.3. The van der Waals surface area contributed by atoms with Crippen LogP contribution in [0, 0.1) is 5.92 Å². The van der Waals surface area contributed by atoms with Gasteiger partial charge in [0, 0.05) is 88.4 Å². The number of aromatic nitrogens is 2. The van der Waals surface area contributed by atoms with Gasteiger partial charge in [-0.15, -0.1) is 0 Å². The van der Waals surface area contributed by atoms with Crippen molar-refractivity contribution in [2.45, 2.75) is 56.2 Å². The molecule has 15 nitrogen and oxygen atoms in total. The van der Waals surface area contributed by atoms with E-state index >= 15 is 4.79 Å². The third-order valence-corrected chi connectivity index (χ3v) is 12.5. The zero-order valence-electron chi connectivity index (χ0n) is 30.3. The van der Waals surface area contributed by atoms with Gasteiger partial charge < -0.3 is 40.5 Å². The predicted octanol–water partition coefficient (Wildman–Crippen LogP) is 4.19. The predicted molar refractivity (Wildman–Crippen MR) is 211 cm³/mol. The topological polar surface area (TPSA) is 187 Å². The highest BCUT2D eigenvalue weighted by molar-refractivity contribution is 9.11. The lowest BCUT2D eigenvalue weighted by Gasteiger charge is -2.47. The Morgan fingerprint density at radius 2 is 1.64 bits per heavy atom. The number of pyridine rings is 2.